The minimum Gasteiger partial charge on any atom is -0.493 e. The number of amides is 1. The van der Waals surface area contributed by atoms with Gasteiger partial charge >= 0.3 is 0 Å². The van der Waals surface area contributed by atoms with Crippen molar-refractivity contribution >= 4 is 5.91 Å². The molecule has 2 aliphatic heterocycles. The zero-order chi connectivity index (χ0) is 15.7. The normalized spacial score (nSPS) is 28.0. The lowest BCUT2D eigenvalue weighted by molar-refractivity contribution is -0.114. The maximum absolute atomic E-state index is 12.6. The molecule has 0 bridgehead atoms. The molecule has 0 aliphatic carbocycles. The third-order valence-electron chi connectivity index (χ3n) is 4.88. The van der Waals surface area contributed by atoms with Crippen LogP contribution in [0.3, 0.4) is 0 Å². The number of aryl methyl sites for hydroxylation is 1. The van der Waals surface area contributed by atoms with Crippen molar-refractivity contribution in [1.82, 2.24) is 4.90 Å². The molecule has 2 atom stereocenters. The first-order valence-electron chi connectivity index (χ1n) is 7.99. The van der Waals surface area contributed by atoms with Crippen LogP contribution in [-0.2, 0) is 6.42 Å². The van der Waals surface area contributed by atoms with Crippen LogP contribution >= 0.6 is 0 Å². The monoisotopic (exact) mass is 305 g/mol. The fraction of sp³-hybridized carbons (Fsp3) is 0.588. The number of aliphatic hydroxyl groups is 2. The van der Waals surface area contributed by atoms with Crippen LogP contribution in [0.1, 0.15) is 42.1 Å². The summed E-state index contributed by atoms with van der Waals surface area (Å²) in [7, 11) is 0. The molecular formula is C17H23NO4. The first-order valence-corrected chi connectivity index (χ1v) is 7.99. The number of rotatable bonds is 2. The van der Waals surface area contributed by atoms with Gasteiger partial charge in [-0.3, -0.25) is 4.79 Å². The van der Waals surface area contributed by atoms with Crippen molar-refractivity contribution in [2.45, 2.75) is 44.3 Å². The van der Waals surface area contributed by atoms with Gasteiger partial charge in [-0.25, -0.2) is 0 Å². The average Bonchev–Trinajstić information content (AvgIpc) is 2.56. The molecule has 1 aromatic rings. The molecule has 1 amide bonds. The molecule has 0 saturated carbocycles. The van der Waals surface area contributed by atoms with Crippen LogP contribution < -0.4 is 4.74 Å². The van der Waals surface area contributed by atoms with Crippen molar-refractivity contribution in [3.05, 3.63) is 29.3 Å². The molecule has 5 nitrogen and oxygen atoms in total. The molecule has 1 fully saturated rings. The molecule has 1 saturated heterocycles. The maximum Gasteiger partial charge on any atom is 0.253 e. The molecule has 2 heterocycles. The Morgan fingerprint density at radius 2 is 2.32 bits per heavy atom. The number of benzene rings is 1. The van der Waals surface area contributed by atoms with E-state index in [1.807, 2.05) is 19.1 Å². The highest BCUT2D eigenvalue weighted by atomic mass is 16.5. The largest absolute Gasteiger partial charge is 0.493 e. The lowest BCUT2D eigenvalue weighted by Gasteiger charge is -2.41. The van der Waals surface area contributed by atoms with Gasteiger partial charge in [0.2, 0.25) is 0 Å². The van der Waals surface area contributed by atoms with Gasteiger partial charge < -0.3 is 19.8 Å². The number of carbonyl (C=O) groups is 1. The van der Waals surface area contributed by atoms with Gasteiger partial charge in [0.15, 0.2) is 0 Å². The fourth-order valence-corrected chi connectivity index (χ4v) is 3.24. The fourth-order valence-electron chi connectivity index (χ4n) is 3.24. The summed E-state index contributed by atoms with van der Waals surface area (Å²) in [5.74, 6) is 0.771. The SMILES string of the molecule is CC[C@@]1(O)CCN(C(=O)c2ccc3c(c2)CCCO3)C[C@H]1O. The van der Waals surface area contributed by atoms with E-state index >= 15 is 0 Å². The van der Waals surface area contributed by atoms with Gasteiger partial charge in [-0.15, -0.1) is 0 Å². The summed E-state index contributed by atoms with van der Waals surface area (Å²) < 4.78 is 5.56. The van der Waals surface area contributed by atoms with Gasteiger partial charge in [0.05, 0.1) is 12.2 Å². The Morgan fingerprint density at radius 3 is 3.05 bits per heavy atom. The molecular weight excluding hydrogens is 282 g/mol. The van der Waals surface area contributed by atoms with Crippen molar-refractivity contribution in [3.8, 4) is 5.75 Å². The molecule has 0 radical (unpaired) electrons. The van der Waals surface area contributed by atoms with Crippen LogP contribution in [0, 0.1) is 0 Å². The number of nitrogens with zero attached hydrogens (tertiary/aromatic N) is 1. The van der Waals surface area contributed by atoms with Crippen LogP contribution in [0.5, 0.6) is 5.75 Å². The molecule has 22 heavy (non-hydrogen) atoms. The van der Waals surface area contributed by atoms with E-state index in [1.54, 1.807) is 11.0 Å². The second-order valence-electron chi connectivity index (χ2n) is 6.25. The highest BCUT2D eigenvalue weighted by Crippen LogP contribution is 2.29. The highest BCUT2D eigenvalue weighted by molar-refractivity contribution is 5.94. The van der Waals surface area contributed by atoms with E-state index in [0.717, 1.165) is 30.8 Å². The lowest BCUT2D eigenvalue weighted by atomic mass is 9.86. The number of likely N-dealkylation sites (tertiary alicyclic amines) is 1. The van der Waals surface area contributed by atoms with Crippen molar-refractivity contribution in [2.75, 3.05) is 19.7 Å². The number of aliphatic hydroxyl groups excluding tert-OH is 1. The molecule has 0 unspecified atom stereocenters. The second kappa shape index (κ2) is 5.89. The van der Waals surface area contributed by atoms with Gasteiger partial charge in [-0.2, -0.15) is 0 Å². The van der Waals surface area contributed by atoms with E-state index in [4.69, 9.17) is 4.74 Å². The Labute approximate surface area is 130 Å². The number of hydrogen-bond acceptors (Lipinski definition) is 4. The van der Waals surface area contributed by atoms with Crippen molar-refractivity contribution < 1.29 is 19.7 Å². The van der Waals surface area contributed by atoms with Gasteiger partial charge in [-0.1, -0.05) is 6.92 Å². The highest BCUT2D eigenvalue weighted by Gasteiger charge is 2.40. The number of hydrogen-bond donors (Lipinski definition) is 2. The van der Waals surface area contributed by atoms with E-state index in [9.17, 15) is 15.0 Å². The van der Waals surface area contributed by atoms with Gasteiger partial charge in [0, 0.05) is 18.7 Å². The summed E-state index contributed by atoms with van der Waals surface area (Å²) in [5, 5.41) is 20.4. The minimum absolute atomic E-state index is 0.0921. The number of carbonyl (C=O) groups excluding carboxylic acids is 1. The van der Waals surface area contributed by atoms with Crippen LogP contribution in [0.25, 0.3) is 0 Å². The second-order valence-corrected chi connectivity index (χ2v) is 6.25. The maximum atomic E-state index is 12.6. The van der Waals surface area contributed by atoms with E-state index < -0.39 is 11.7 Å². The Morgan fingerprint density at radius 1 is 1.50 bits per heavy atom. The summed E-state index contributed by atoms with van der Waals surface area (Å²) >= 11 is 0. The van der Waals surface area contributed by atoms with E-state index in [2.05, 4.69) is 0 Å². The molecule has 2 N–H and O–H groups in total. The van der Waals surface area contributed by atoms with Gasteiger partial charge in [0.25, 0.3) is 5.91 Å². The number of β-amino-alcohol motifs (C(OH)–C–C–N with tert-alkyl or cyclic N) is 1. The molecule has 5 heteroatoms. The summed E-state index contributed by atoms with van der Waals surface area (Å²) in [6.07, 6.45) is 1.90. The first kappa shape index (κ1) is 15.3. The van der Waals surface area contributed by atoms with E-state index in [0.29, 0.717) is 24.9 Å². The van der Waals surface area contributed by atoms with E-state index in [1.165, 1.54) is 0 Å². The third kappa shape index (κ3) is 2.71. The summed E-state index contributed by atoms with van der Waals surface area (Å²) in [6.45, 7) is 3.23. The smallest absolute Gasteiger partial charge is 0.253 e. The summed E-state index contributed by atoms with van der Waals surface area (Å²) in [6, 6.07) is 5.52. The van der Waals surface area contributed by atoms with E-state index in [-0.39, 0.29) is 12.5 Å². The Hall–Kier alpha value is -1.59. The molecule has 120 valence electrons. The third-order valence-corrected chi connectivity index (χ3v) is 4.88. The van der Waals surface area contributed by atoms with Crippen molar-refractivity contribution in [3.63, 3.8) is 0 Å². The summed E-state index contributed by atoms with van der Waals surface area (Å²) in [4.78, 5) is 14.2. The lowest BCUT2D eigenvalue weighted by Crippen LogP contribution is -2.56. The Balaban J connectivity index is 1.75. The number of piperidine rings is 1. The van der Waals surface area contributed by atoms with Crippen LogP contribution in [0.15, 0.2) is 18.2 Å². The first-order chi connectivity index (χ1) is 10.5. The minimum atomic E-state index is -1.07. The topological polar surface area (TPSA) is 70.0 Å². The number of fused-ring (bicyclic) bond motifs is 1. The van der Waals surface area contributed by atoms with Crippen LogP contribution in [0.2, 0.25) is 0 Å². The van der Waals surface area contributed by atoms with Gasteiger partial charge in [-0.05, 0) is 49.4 Å². The molecule has 0 aromatic heterocycles. The zero-order valence-electron chi connectivity index (χ0n) is 12.9. The predicted molar refractivity (Wildman–Crippen MR) is 82.0 cm³/mol. The van der Waals surface area contributed by atoms with Crippen molar-refractivity contribution in [1.29, 1.82) is 0 Å². The molecule has 0 spiro atoms. The zero-order valence-corrected chi connectivity index (χ0v) is 12.9. The van der Waals surface area contributed by atoms with Crippen molar-refractivity contribution in [2.24, 2.45) is 0 Å². The molecule has 3 rings (SSSR count). The standard InChI is InChI=1S/C17H23NO4/c1-2-17(21)7-8-18(11-15(17)19)16(20)13-5-6-14-12(10-13)4-3-9-22-14/h5-6,10,15,19,21H,2-4,7-9,11H2,1H3/t15-,17-/m1/s1. The Kier molecular flexibility index (Phi) is 4.10. The Bertz CT molecular complexity index is 574. The average molecular weight is 305 g/mol. The predicted octanol–water partition coefficient (Wildman–Crippen LogP) is 1.36. The van der Waals surface area contributed by atoms with Gasteiger partial charge in [0.1, 0.15) is 11.9 Å². The quantitative estimate of drug-likeness (QED) is 0.865. The summed E-state index contributed by atoms with van der Waals surface area (Å²) in [5.41, 5.74) is 0.624. The molecule has 1 aromatic carbocycles. The van der Waals surface area contributed by atoms with Crippen LogP contribution in [-0.4, -0.2) is 52.4 Å². The van der Waals surface area contributed by atoms with Crippen LogP contribution in [0.4, 0.5) is 0 Å². The molecule has 2 aliphatic rings. The number of ether oxygens (including phenoxy) is 1.